The molecule has 0 radical (unpaired) electrons. The Kier molecular flexibility index (Phi) is 52.0. The van der Waals surface area contributed by atoms with Gasteiger partial charge in [-0.2, -0.15) is 0 Å². The van der Waals surface area contributed by atoms with E-state index in [9.17, 15) is 0 Å². The largest absolute Gasteiger partial charge is 0.0683 e. The van der Waals surface area contributed by atoms with E-state index in [-0.39, 0.29) is 0 Å². The SMILES string of the molecule is CC.CC.CC.CCCC.CCCCCC(CC(C)CCC)CC(C)C(C)C. The Balaban J connectivity index is -0.000000149. The predicted molar refractivity (Wildman–Crippen MR) is 140 cm³/mol. The summed E-state index contributed by atoms with van der Waals surface area (Å²) in [6.45, 7) is 30.6. The van der Waals surface area contributed by atoms with Gasteiger partial charge in [-0.15, -0.1) is 0 Å². The van der Waals surface area contributed by atoms with Crippen LogP contribution in [0.4, 0.5) is 0 Å². The number of unbranched alkanes of at least 4 members (excludes halogenated alkanes) is 3. The van der Waals surface area contributed by atoms with Crippen molar-refractivity contribution in [1.29, 1.82) is 0 Å². The minimum atomic E-state index is 0.847. The van der Waals surface area contributed by atoms with E-state index in [0.717, 1.165) is 23.7 Å². The molecule has 0 aliphatic rings. The molecule has 0 amide bonds. The van der Waals surface area contributed by atoms with Gasteiger partial charge < -0.3 is 0 Å². The molecule has 0 saturated heterocycles. The minimum absolute atomic E-state index is 0.847. The molecule has 3 unspecified atom stereocenters. The summed E-state index contributed by atoms with van der Waals surface area (Å²) in [5.41, 5.74) is 0. The van der Waals surface area contributed by atoms with Crippen LogP contribution in [0.5, 0.6) is 0 Å². The number of hydrogen-bond donors (Lipinski definition) is 0. The van der Waals surface area contributed by atoms with Gasteiger partial charge in [0, 0.05) is 0 Å². The van der Waals surface area contributed by atoms with Crippen LogP contribution in [-0.2, 0) is 0 Å². The maximum Gasteiger partial charge on any atom is -0.0409 e. The lowest BCUT2D eigenvalue weighted by Crippen LogP contribution is -2.14. The fourth-order valence-corrected chi connectivity index (χ4v) is 2.99. The summed E-state index contributed by atoms with van der Waals surface area (Å²) in [6, 6.07) is 0. The zero-order valence-corrected chi connectivity index (χ0v) is 23.4. The van der Waals surface area contributed by atoms with E-state index < -0.39 is 0 Å². The molecule has 0 aliphatic heterocycles. The van der Waals surface area contributed by atoms with E-state index in [4.69, 9.17) is 0 Å². The molecule has 0 bridgehead atoms. The molecule has 0 aromatic rings. The second-order valence-corrected chi connectivity index (χ2v) is 7.95. The number of hydrogen-bond acceptors (Lipinski definition) is 0. The van der Waals surface area contributed by atoms with E-state index in [1.54, 1.807) is 0 Å². The minimum Gasteiger partial charge on any atom is -0.0683 e. The third-order valence-corrected chi connectivity index (χ3v) is 5.08. The average Bonchev–Trinajstić information content (AvgIpc) is 2.72. The van der Waals surface area contributed by atoms with Gasteiger partial charge in [0.15, 0.2) is 0 Å². The lowest BCUT2D eigenvalue weighted by atomic mass is 9.80. The average molecular weight is 403 g/mol. The molecule has 0 N–H and O–H groups in total. The van der Waals surface area contributed by atoms with Crippen LogP contribution in [0.3, 0.4) is 0 Å². The second-order valence-electron chi connectivity index (χ2n) is 7.95. The van der Waals surface area contributed by atoms with Crippen molar-refractivity contribution >= 4 is 0 Å². The molecule has 0 spiro atoms. The molecule has 0 aromatic carbocycles. The van der Waals surface area contributed by atoms with Crippen molar-refractivity contribution in [3.8, 4) is 0 Å². The van der Waals surface area contributed by atoms with Crippen LogP contribution < -0.4 is 0 Å². The lowest BCUT2D eigenvalue weighted by molar-refractivity contribution is 0.258. The van der Waals surface area contributed by atoms with Crippen LogP contribution >= 0.6 is 0 Å². The summed E-state index contributed by atoms with van der Waals surface area (Å²) < 4.78 is 0. The van der Waals surface area contributed by atoms with Gasteiger partial charge in [-0.05, 0) is 36.5 Å². The van der Waals surface area contributed by atoms with E-state index >= 15 is 0 Å². The molecule has 0 heteroatoms. The summed E-state index contributed by atoms with van der Waals surface area (Å²) >= 11 is 0. The van der Waals surface area contributed by atoms with Gasteiger partial charge in [-0.1, -0.05) is 148 Å². The Bertz CT molecular complexity index is 192. The van der Waals surface area contributed by atoms with Crippen molar-refractivity contribution in [3.05, 3.63) is 0 Å². The van der Waals surface area contributed by atoms with Crippen molar-refractivity contribution in [2.75, 3.05) is 0 Å². The Morgan fingerprint density at radius 2 is 0.964 bits per heavy atom. The molecule has 0 aromatic heterocycles. The van der Waals surface area contributed by atoms with Crippen molar-refractivity contribution < 1.29 is 0 Å². The summed E-state index contributed by atoms with van der Waals surface area (Å²) in [6.07, 6.45) is 14.0. The van der Waals surface area contributed by atoms with Crippen molar-refractivity contribution in [1.82, 2.24) is 0 Å². The monoisotopic (exact) mass is 403 g/mol. The van der Waals surface area contributed by atoms with Gasteiger partial charge in [0.1, 0.15) is 0 Å². The molecule has 28 heavy (non-hydrogen) atoms. The van der Waals surface area contributed by atoms with Gasteiger partial charge >= 0.3 is 0 Å². The van der Waals surface area contributed by atoms with Gasteiger partial charge in [0.2, 0.25) is 0 Å². The van der Waals surface area contributed by atoms with Crippen LogP contribution in [0.2, 0.25) is 0 Å². The van der Waals surface area contributed by atoms with E-state index in [2.05, 4.69) is 55.4 Å². The first-order valence-electron chi connectivity index (χ1n) is 13.4. The molecule has 3 atom stereocenters. The van der Waals surface area contributed by atoms with Gasteiger partial charge in [0.05, 0.1) is 0 Å². The highest BCUT2D eigenvalue weighted by molar-refractivity contribution is 4.69. The maximum absolute atomic E-state index is 2.45. The third kappa shape index (κ3) is 36.8. The van der Waals surface area contributed by atoms with Gasteiger partial charge in [-0.25, -0.2) is 0 Å². The zero-order chi connectivity index (χ0) is 23.4. The van der Waals surface area contributed by atoms with Gasteiger partial charge in [0.25, 0.3) is 0 Å². The molecule has 178 valence electrons. The molecule has 0 rings (SSSR count). The lowest BCUT2D eigenvalue weighted by Gasteiger charge is -2.26. The quantitative estimate of drug-likeness (QED) is 0.285. The molecular formula is C28H66. The van der Waals surface area contributed by atoms with Crippen LogP contribution in [-0.4, -0.2) is 0 Å². The molecule has 0 aliphatic carbocycles. The summed E-state index contributed by atoms with van der Waals surface area (Å²) in [7, 11) is 0. The summed E-state index contributed by atoms with van der Waals surface area (Å²) in [5.74, 6) is 3.65. The highest BCUT2D eigenvalue weighted by Crippen LogP contribution is 2.29. The van der Waals surface area contributed by atoms with Crippen molar-refractivity contribution in [2.24, 2.45) is 23.7 Å². The smallest absolute Gasteiger partial charge is 0.0409 e. The standard InChI is InChI=1S/C18H38.C4H10.3C2H6/c1-7-9-10-12-18(13-16(5)11-8-2)14-17(6)15(3)4;1-3-4-2;3*1-2/h15-18H,7-14H2,1-6H3;3-4H2,1-2H3;3*1-2H3. The summed E-state index contributed by atoms with van der Waals surface area (Å²) in [4.78, 5) is 0. The third-order valence-electron chi connectivity index (χ3n) is 5.08. The van der Waals surface area contributed by atoms with Crippen molar-refractivity contribution in [2.45, 2.75) is 161 Å². The fraction of sp³-hybridized carbons (Fsp3) is 1.00. The highest BCUT2D eigenvalue weighted by atomic mass is 14.2. The second kappa shape index (κ2) is 37.7. The molecule has 0 fully saturated rings. The Morgan fingerprint density at radius 1 is 0.500 bits per heavy atom. The Hall–Kier alpha value is 0. The highest BCUT2D eigenvalue weighted by Gasteiger charge is 2.17. The molecule has 0 nitrogen and oxygen atoms in total. The Labute approximate surface area is 185 Å². The van der Waals surface area contributed by atoms with Crippen LogP contribution in [0.15, 0.2) is 0 Å². The van der Waals surface area contributed by atoms with E-state index in [1.807, 2.05) is 41.5 Å². The summed E-state index contributed by atoms with van der Waals surface area (Å²) in [5, 5.41) is 0. The fourth-order valence-electron chi connectivity index (χ4n) is 2.99. The normalized spacial score (nSPS) is 12.5. The van der Waals surface area contributed by atoms with E-state index in [0.29, 0.717) is 0 Å². The molecule has 0 saturated carbocycles. The topological polar surface area (TPSA) is 0 Å². The zero-order valence-electron chi connectivity index (χ0n) is 23.4. The van der Waals surface area contributed by atoms with Crippen LogP contribution in [0.1, 0.15) is 161 Å². The first-order valence-corrected chi connectivity index (χ1v) is 13.4. The van der Waals surface area contributed by atoms with Gasteiger partial charge in [-0.3, -0.25) is 0 Å². The van der Waals surface area contributed by atoms with Crippen molar-refractivity contribution in [3.63, 3.8) is 0 Å². The first-order chi connectivity index (χ1) is 13.4. The van der Waals surface area contributed by atoms with Crippen LogP contribution in [0.25, 0.3) is 0 Å². The van der Waals surface area contributed by atoms with E-state index in [1.165, 1.54) is 64.2 Å². The number of rotatable bonds is 12. The Morgan fingerprint density at radius 3 is 1.29 bits per heavy atom. The predicted octanol–water partition coefficient (Wildman–Crippen LogP) is 11.6. The maximum atomic E-state index is 2.45. The molecule has 0 heterocycles. The van der Waals surface area contributed by atoms with Crippen LogP contribution in [0, 0.1) is 23.7 Å². The first kappa shape index (κ1) is 38.6. The molecular weight excluding hydrogens is 336 g/mol.